The fraction of sp³-hybridized carbons (Fsp3) is 0.214. The van der Waals surface area contributed by atoms with E-state index in [-0.39, 0.29) is 0 Å². The van der Waals surface area contributed by atoms with Gasteiger partial charge in [-0.15, -0.1) is 0 Å². The van der Waals surface area contributed by atoms with Crippen LogP contribution in [-0.2, 0) is 6.42 Å². The van der Waals surface area contributed by atoms with E-state index in [1.165, 1.54) is 6.33 Å². The van der Waals surface area contributed by atoms with Crippen molar-refractivity contribution >= 4 is 11.7 Å². The number of carbonyl (C=O) groups is 1. The Morgan fingerprint density at radius 1 is 1.29 bits per heavy atom. The average molecular weight is 287 g/mol. The molecule has 110 valence electrons. The molecule has 0 saturated carbocycles. The van der Waals surface area contributed by atoms with Gasteiger partial charge in [0.2, 0.25) is 11.8 Å². The molecule has 2 aromatic rings. The Hall–Kier alpha value is -2.67. The molecule has 0 atom stereocenters. The lowest BCUT2D eigenvalue weighted by molar-refractivity contribution is 0.100. The number of hydrogen-bond donors (Lipinski definition) is 3. The minimum Gasteiger partial charge on any atom is -0.439 e. The number of amides is 1. The number of aromatic nitrogens is 2. The van der Waals surface area contributed by atoms with Crippen molar-refractivity contribution in [3.63, 3.8) is 0 Å². The van der Waals surface area contributed by atoms with Crippen molar-refractivity contribution < 1.29 is 9.53 Å². The highest BCUT2D eigenvalue weighted by atomic mass is 16.5. The standard InChI is InChI=1S/C14H17N5O2/c1-2-3-11-13(19-16)17-8-18-14(11)21-10-6-4-9(5-7-10)12(15)20/h4-8H,2-3,16H2,1H3,(H2,15,20)(H,17,18,19). The zero-order valence-electron chi connectivity index (χ0n) is 11.7. The van der Waals surface area contributed by atoms with Crippen molar-refractivity contribution in [3.05, 3.63) is 41.7 Å². The van der Waals surface area contributed by atoms with Gasteiger partial charge in [0.1, 0.15) is 17.9 Å². The van der Waals surface area contributed by atoms with Crippen LogP contribution in [0.1, 0.15) is 29.3 Å². The number of benzene rings is 1. The fourth-order valence-corrected chi connectivity index (χ4v) is 1.88. The molecule has 7 heteroatoms. The zero-order chi connectivity index (χ0) is 15.2. The van der Waals surface area contributed by atoms with Crippen LogP contribution < -0.4 is 21.7 Å². The SMILES string of the molecule is CCCc1c(NN)ncnc1Oc1ccc(C(N)=O)cc1. The van der Waals surface area contributed by atoms with Crippen LogP contribution in [0.15, 0.2) is 30.6 Å². The van der Waals surface area contributed by atoms with E-state index >= 15 is 0 Å². The highest BCUT2D eigenvalue weighted by Gasteiger charge is 2.12. The highest BCUT2D eigenvalue weighted by molar-refractivity contribution is 5.92. The van der Waals surface area contributed by atoms with E-state index in [2.05, 4.69) is 15.4 Å². The predicted octanol–water partition coefficient (Wildman–Crippen LogP) is 1.61. The summed E-state index contributed by atoms with van der Waals surface area (Å²) in [5.74, 6) is 6.50. The second kappa shape index (κ2) is 6.67. The van der Waals surface area contributed by atoms with Crippen LogP contribution in [0.3, 0.4) is 0 Å². The van der Waals surface area contributed by atoms with Gasteiger partial charge in [-0.2, -0.15) is 0 Å². The van der Waals surface area contributed by atoms with Gasteiger partial charge in [0.25, 0.3) is 0 Å². The summed E-state index contributed by atoms with van der Waals surface area (Å²) in [7, 11) is 0. The summed E-state index contributed by atoms with van der Waals surface area (Å²) in [6.07, 6.45) is 3.01. The summed E-state index contributed by atoms with van der Waals surface area (Å²) in [5.41, 5.74) is 8.96. The van der Waals surface area contributed by atoms with Gasteiger partial charge in [0.05, 0.1) is 5.56 Å². The minimum atomic E-state index is -0.482. The summed E-state index contributed by atoms with van der Waals surface area (Å²) < 4.78 is 5.74. The van der Waals surface area contributed by atoms with Gasteiger partial charge < -0.3 is 15.9 Å². The van der Waals surface area contributed by atoms with Crippen LogP contribution in [0.5, 0.6) is 11.6 Å². The Morgan fingerprint density at radius 3 is 2.57 bits per heavy atom. The second-order valence-corrected chi connectivity index (χ2v) is 4.39. The molecule has 0 unspecified atom stereocenters. The van der Waals surface area contributed by atoms with Crippen molar-refractivity contribution in [2.24, 2.45) is 11.6 Å². The Kier molecular flexibility index (Phi) is 4.68. The number of rotatable bonds is 6. The third kappa shape index (κ3) is 3.46. The molecule has 21 heavy (non-hydrogen) atoms. The molecular weight excluding hydrogens is 270 g/mol. The van der Waals surface area contributed by atoms with E-state index in [4.69, 9.17) is 16.3 Å². The van der Waals surface area contributed by atoms with Crippen molar-refractivity contribution in [1.29, 1.82) is 0 Å². The molecule has 2 rings (SSSR count). The van der Waals surface area contributed by atoms with Crippen molar-refractivity contribution in [2.75, 3.05) is 5.43 Å². The van der Waals surface area contributed by atoms with Gasteiger partial charge in [0, 0.05) is 5.56 Å². The molecule has 1 amide bonds. The Labute approximate surface area is 122 Å². The van der Waals surface area contributed by atoms with E-state index in [0.717, 1.165) is 18.4 Å². The molecule has 0 fully saturated rings. The quantitative estimate of drug-likeness (QED) is 0.549. The van der Waals surface area contributed by atoms with Crippen LogP contribution in [0.2, 0.25) is 0 Å². The molecule has 0 aliphatic rings. The van der Waals surface area contributed by atoms with E-state index in [1.807, 2.05) is 6.92 Å². The van der Waals surface area contributed by atoms with E-state index in [1.54, 1.807) is 24.3 Å². The third-order valence-corrected chi connectivity index (χ3v) is 2.90. The molecule has 0 radical (unpaired) electrons. The Morgan fingerprint density at radius 2 is 2.00 bits per heavy atom. The lowest BCUT2D eigenvalue weighted by atomic mass is 10.1. The first-order valence-corrected chi connectivity index (χ1v) is 6.54. The molecule has 1 aromatic carbocycles. The molecule has 1 aromatic heterocycles. The number of nitrogens with one attached hydrogen (secondary N) is 1. The van der Waals surface area contributed by atoms with E-state index in [0.29, 0.717) is 23.0 Å². The number of primary amides is 1. The average Bonchev–Trinajstić information content (AvgIpc) is 2.49. The largest absolute Gasteiger partial charge is 0.439 e. The molecule has 0 saturated heterocycles. The topological polar surface area (TPSA) is 116 Å². The Balaban J connectivity index is 2.28. The second-order valence-electron chi connectivity index (χ2n) is 4.39. The monoisotopic (exact) mass is 287 g/mol. The summed E-state index contributed by atoms with van der Waals surface area (Å²) >= 11 is 0. The minimum absolute atomic E-state index is 0.420. The van der Waals surface area contributed by atoms with E-state index in [9.17, 15) is 4.79 Å². The number of hydrogen-bond acceptors (Lipinski definition) is 6. The summed E-state index contributed by atoms with van der Waals surface area (Å²) in [6.45, 7) is 2.04. The first-order valence-electron chi connectivity index (χ1n) is 6.54. The number of hydrazine groups is 1. The number of nitrogens with zero attached hydrogens (tertiary/aromatic N) is 2. The van der Waals surface area contributed by atoms with Crippen LogP contribution in [0.4, 0.5) is 5.82 Å². The first kappa shape index (κ1) is 14.7. The molecule has 0 aliphatic heterocycles. The van der Waals surface area contributed by atoms with Crippen molar-refractivity contribution in [1.82, 2.24) is 9.97 Å². The first-order chi connectivity index (χ1) is 10.2. The lowest BCUT2D eigenvalue weighted by Gasteiger charge is -2.12. The number of ether oxygens (including phenoxy) is 1. The summed E-state index contributed by atoms with van der Waals surface area (Å²) in [6, 6.07) is 6.52. The molecule has 0 spiro atoms. The van der Waals surface area contributed by atoms with Crippen LogP contribution in [0.25, 0.3) is 0 Å². The van der Waals surface area contributed by atoms with Crippen molar-refractivity contribution in [2.45, 2.75) is 19.8 Å². The van der Waals surface area contributed by atoms with Crippen LogP contribution in [-0.4, -0.2) is 15.9 Å². The maximum absolute atomic E-state index is 11.0. The van der Waals surface area contributed by atoms with Gasteiger partial charge in [-0.25, -0.2) is 15.8 Å². The normalized spacial score (nSPS) is 10.2. The van der Waals surface area contributed by atoms with Gasteiger partial charge in [-0.1, -0.05) is 13.3 Å². The number of carbonyl (C=O) groups excluding carboxylic acids is 1. The molecule has 1 heterocycles. The fourth-order valence-electron chi connectivity index (χ4n) is 1.88. The van der Waals surface area contributed by atoms with E-state index < -0.39 is 5.91 Å². The lowest BCUT2D eigenvalue weighted by Crippen LogP contribution is -2.12. The van der Waals surface area contributed by atoms with Crippen molar-refractivity contribution in [3.8, 4) is 11.6 Å². The molecule has 0 aliphatic carbocycles. The molecule has 5 N–H and O–H groups in total. The van der Waals surface area contributed by atoms with Gasteiger partial charge >= 0.3 is 0 Å². The molecule has 7 nitrogen and oxygen atoms in total. The number of nitrogen functional groups attached to an aromatic ring is 1. The molecule has 0 bridgehead atoms. The third-order valence-electron chi connectivity index (χ3n) is 2.90. The highest BCUT2D eigenvalue weighted by Crippen LogP contribution is 2.27. The predicted molar refractivity (Wildman–Crippen MR) is 78.9 cm³/mol. The zero-order valence-corrected chi connectivity index (χ0v) is 11.7. The number of nitrogens with two attached hydrogens (primary N) is 2. The van der Waals surface area contributed by atoms with Gasteiger partial charge in [-0.3, -0.25) is 4.79 Å². The summed E-state index contributed by atoms with van der Waals surface area (Å²) in [4.78, 5) is 19.2. The maximum atomic E-state index is 11.0. The maximum Gasteiger partial charge on any atom is 0.248 e. The van der Waals surface area contributed by atoms with Gasteiger partial charge in [-0.05, 0) is 30.7 Å². The van der Waals surface area contributed by atoms with Gasteiger partial charge in [0.15, 0.2) is 0 Å². The number of anilines is 1. The molecular formula is C14H17N5O2. The summed E-state index contributed by atoms with van der Waals surface area (Å²) in [5, 5.41) is 0. The smallest absolute Gasteiger partial charge is 0.248 e. The van der Waals surface area contributed by atoms with Crippen LogP contribution in [0, 0.1) is 0 Å². The Bertz CT molecular complexity index is 628. The van der Waals surface area contributed by atoms with Crippen LogP contribution >= 0.6 is 0 Å².